The lowest BCUT2D eigenvalue weighted by Gasteiger charge is -2.46. The maximum atomic E-state index is 3.71. The van der Waals surface area contributed by atoms with E-state index in [2.05, 4.69) is 55.3 Å². The largest absolute Gasteiger partial charge is 0.311 e. The van der Waals surface area contributed by atoms with Crippen LogP contribution in [0.1, 0.15) is 38.3 Å². The summed E-state index contributed by atoms with van der Waals surface area (Å²) in [5, 5.41) is 3.71. The van der Waals surface area contributed by atoms with Gasteiger partial charge in [-0.2, -0.15) is 0 Å². The fourth-order valence-corrected chi connectivity index (χ4v) is 3.83. The fourth-order valence-electron chi connectivity index (χ4n) is 3.83. The number of nitrogens with zero attached hydrogens (tertiary/aromatic N) is 1. The number of piperazine rings is 1. The highest BCUT2D eigenvalue weighted by molar-refractivity contribution is 5.30. The smallest absolute Gasteiger partial charge is 0.0218 e. The van der Waals surface area contributed by atoms with Crippen LogP contribution in [0.15, 0.2) is 24.3 Å². The molecule has 2 nitrogen and oxygen atoms in total. The highest BCUT2D eigenvalue weighted by Gasteiger charge is 2.33. The van der Waals surface area contributed by atoms with E-state index in [4.69, 9.17) is 0 Å². The zero-order chi connectivity index (χ0) is 14.1. The van der Waals surface area contributed by atoms with Crippen molar-refractivity contribution < 1.29 is 0 Å². The number of hydrogen-bond donors (Lipinski definition) is 1. The lowest BCUT2D eigenvalue weighted by atomic mass is 9.86. The Kier molecular flexibility index (Phi) is 4.13. The Morgan fingerprint density at radius 2 is 1.95 bits per heavy atom. The summed E-state index contributed by atoms with van der Waals surface area (Å²) in [7, 11) is 0. The van der Waals surface area contributed by atoms with Crippen molar-refractivity contribution in [3.8, 4) is 0 Å². The van der Waals surface area contributed by atoms with Gasteiger partial charge in [0.25, 0.3) is 0 Å². The minimum atomic E-state index is 0.656. The SMILES string of the molecule is CC(C)C1CN(C2CCc3ccccc3C2)C(C)CN1. The van der Waals surface area contributed by atoms with E-state index in [9.17, 15) is 0 Å². The summed E-state index contributed by atoms with van der Waals surface area (Å²) in [5.74, 6) is 0.723. The molecule has 1 heterocycles. The minimum Gasteiger partial charge on any atom is -0.311 e. The summed E-state index contributed by atoms with van der Waals surface area (Å²) >= 11 is 0. The van der Waals surface area contributed by atoms with Crippen molar-refractivity contribution in [1.29, 1.82) is 0 Å². The number of hydrogen-bond acceptors (Lipinski definition) is 2. The van der Waals surface area contributed by atoms with Crippen LogP contribution in [0.5, 0.6) is 0 Å². The molecule has 0 spiro atoms. The molecule has 0 radical (unpaired) electrons. The molecule has 1 fully saturated rings. The molecule has 2 aliphatic rings. The standard InChI is InChI=1S/C18H28N2/c1-13(2)18-12-20(14(3)11-19-18)17-9-8-15-6-4-5-7-16(15)10-17/h4-7,13-14,17-19H,8-12H2,1-3H3. The van der Waals surface area contributed by atoms with Gasteiger partial charge in [-0.05, 0) is 43.2 Å². The molecule has 3 atom stereocenters. The molecule has 1 N–H and O–H groups in total. The molecular weight excluding hydrogens is 244 g/mol. The zero-order valence-electron chi connectivity index (χ0n) is 13.1. The Morgan fingerprint density at radius 3 is 2.70 bits per heavy atom. The number of benzene rings is 1. The van der Waals surface area contributed by atoms with Gasteiger partial charge in [0.15, 0.2) is 0 Å². The van der Waals surface area contributed by atoms with Gasteiger partial charge in [-0.3, -0.25) is 4.90 Å². The molecule has 110 valence electrons. The van der Waals surface area contributed by atoms with Crippen LogP contribution in [0.25, 0.3) is 0 Å². The van der Waals surface area contributed by atoms with Crippen LogP contribution < -0.4 is 5.32 Å². The first-order valence-electron chi connectivity index (χ1n) is 8.21. The number of rotatable bonds is 2. The van der Waals surface area contributed by atoms with Gasteiger partial charge in [-0.15, -0.1) is 0 Å². The van der Waals surface area contributed by atoms with Crippen LogP contribution >= 0.6 is 0 Å². The second-order valence-electron chi connectivity index (χ2n) is 6.97. The lowest BCUT2D eigenvalue weighted by Crippen LogP contribution is -2.60. The third-order valence-corrected chi connectivity index (χ3v) is 5.24. The van der Waals surface area contributed by atoms with E-state index in [1.54, 1.807) is 11.1 Å². The fraction of sp³-hybridized carbons (Fsp3) is 0.667. The second kappa shape index (κ2) is 5.87. The average Bonchev–Trinajstić information content (AvgIpc) is 2.47. The van der Waals surface area contributed by atoms with E-state index in [0.29, 0.717) is 12.1 Å². The number of nitrogens with one attached hydrogen (secondary N) is 1. The van der Waals surface area contributed by atoms with E-state index in [-0.39, 0.29) is 0 Å². The predicted octanol–water partition coefficient (Wildman–Crippen LogP) is 2.86. The highest BCUT2D eigenvalue weighted by atomic mass is 15.3. The Labute approximate surface area is 123 Å². The third kappa shape index (κ3) is 2.77. The van der Waals surface area contributed by atoms with Crippen molar-refractivity contribution in [2.24, 2.45) is 5.92 Å². The van der Waals surface area contributed by atoms with Gasteiger partial charge >= 0.3 is 0 Å². The molecule has 0 bridgehead atoms. The maximum Gasteiger partial charge on any atom is 0.0218 e. The first-order valence-corrected chi connectivity index (χ1v) is 8.21. The topological polar surface area (TPSA) is 15.3 Å². The summed E-state index contributed by atoms with van der Waals surface area (Å²) in [6, 6.07) is 11.1. The Balaban J connectivity index is 1.72. The predicted molar refractivity (Wildman–Crippen MR) is 85.1 cm³/mol. The van der Waals surface area contributed by atoms with Crippen molar-refractivity contribution in [2.45, 2.75) is 58.2 Å². The Hall–Kier alpha value is -0.860. The van der Waals surface area contributed by atoms with Crippen LogP contribution in [0, 0.1) is 5.92 Å². The molecule has 1 aliphatic heterocycles. The van der Waals surface area contributed by atoms with E-state index >= 15 is 0 Å². The van der Waals surface area contributed by atoms with Crippen molar-refractivity contribution in [1.82, 2.24) is 10.2 Å². The summed E-state index contributed by atoms with van der Waals surface area (Å²) in [6.07, 6.45) is 3.82. The quantitative estimate of drug-likeness (QED) is 0.890. The van der Waals surface area contributed by atoms with Gasteiger partial charge in [-0.25, -0.2) is 0 Å². The highest BCUT2D eigenvalue weighted by Crippen LogP contribution is 2.27. The number of fused-ring (bicyclic) bond motifs is 1. The Morgan fingerprint density at radius 1 is 1.20 bits per heavy atom. The molecular formula is C18H28N2. The average molecular weight is 272 g/mol. The molecule has 1 saturated heterocycles. The molecule has 0 amide bonds. The normalized spacial score (nSPS) is 31.3. The van der Waals surface area contributed by atoms with E-state index in [0.717, 1.165) is 18.5 Å². The van der Waals surface area contributed by atoms with Crippen LogP contribution in [0.3, 0.4) is 0 Å². The van der Waals surface area contributed by atoms with E-state index in [1.165, 1.54) is 25.8 Å². The zero-order valence-corrected chi connectivity index (χ0v) is 13.1. The molecule has 1 aromatic rings. The minimum absolute atomic E-state index is 0.656. The molecule has 0 aromatic heterocycles. The van der Waals surface area contributed by atoms with Gasteiger partial charge in [0.1, 0.15) is 0 Å². The Bertz CT molecular complexity index is 454. The van der Waals surface area contributed by atoms with Crippen molar-refractivity contribution in [3.05, 3.63) is 35.4 Å². The van der Waals surface area contributed by atoms with Crippen LogP contribution in [0.4, 0.5) is 0 Å². The summed E-state index contributed by atoms with van der Waals surface area (Å²) in [6.45, 7) is 9.40. The van der Waals surface area contributed by atoms with Crippen LogP contribution in [-0.2, 0) is 12.8 Å². The van der Waals surface area contributed by atoms with Crippen molar-refractivity contribution >= 4 is 0 Å². The van der Waals surface area contributed by atoms with Gasteiger partial charge < -0.3 is 5.32 Å². The first kappa shape index (κ1) is 14.1. The van der Waals surface area contributed by atoms with Crippen molar-refractivity contribution in [3.63, 3.8) is 0 Å². The van der Waals surface area contributed by atoms with Gasteiger partial charge in [0, 0.05) is 31.2 Å². The molecule has 1 aliphatic carbocycles. The molecule has 2 heteroatoms. The molecule has 3 unspecified atom stereocenters. The third-order valence-electron chi connectivity index (χ3n) is 5.24. The lowest BCUT2D eigenvalue weighted by molar-refractivity contribution is 0.0710. The molecule has 0 saturated carbocycles. The van der Waals surface area contributed by atoms with Gasteiger partial charge in [0.2, 0.25) is 0 Å². The van der Waals surface area contributed by atoms with Crippen LogP contribution in [-0.4, -0.2) is 36.1 Å². The molecule has 20 heavy (non-hydrogen) atoms. The molecule has 1 aromatic carbocycles. The first-order chi connectivity index (χ1) is 9.65. The summed E-state index contributed by atoms with van der Waals surface area (Å²) in [5.41, 5.74) is 3.16. The monoisotopic (exact) mass is 272 g/mol. The van der Waals surface area contributed by atoms with E-state index < -0.39 is 0 Å². The summed E-state index contributed by atoms with van der Waals surface area (Å²) in [4.78, 5) is 2.77. The summed E-state index contributed by atoms with van der Waals surface area (Å²) < 4.78 is 0. The van der Waals surface area contributed by atoms with E-state index in [1.807, 2.05) is 0 Å². The van der Waals surface area contributed by atoms with Gasteiger partial charge in [-0.1, -0.05) is 38.1 Å². The second-order valence-corrected chi connectivity index (χ2v) is 6.97. The van der Waals surface area contributed by atoms with Crippen molar-refractivity contribution in [2.75, 3.05) is 13.1 Å². The molecule has 3 rings (SSSR count). The number of aryl methyl sites for hydroxylation is 1. The maximum absolute atomic E-state index is 3.71. The van der Waals surface area contributed by atoms with Crippen LogP contribution in [0.2, 0.25) is 0 Å². The van der Waals surface area contributed by atoms with Gasteiger partial charge in [0.05, 0.1) is 0 Å².